The van der Waals surface area contributed by atoms with Crippen LogP contribution in [0, 0.1) is 0 Å². The van der Waals surface area contributed by atoms with Crippen LogP contribution in [-0.4, -0.2) is 18.4 Å². The molecule has 0 aliphatic rings. The zero-order valence-electron chi connectivity index (χ0n) is 6.38. The maximum absolute atomic E-state index is 10.3. The van der Waals surface area contributed by atoms with Gasteiger partial charge in [-0.2, -0.15) is 0 Å². The SMILES string of the molecule is CCF.ClCCCCCCl. The van der Waals surface area contributed by atoms with Crippen molar-refractivity contribution < 1.29 is 4.39 Å². The van der Waals surface area contributed by atoms with Crippen LogP contribution in [0.4, 0.5) is 4.39 Å². The van der Waals surface area contributed by atoms with Gasteiger partial charge in [0.1, 0.15) is 0 Å². The average molecular weight is 189 g/mol. The third-order valence-corrected chi connectivity index (χ3v) is 1.30. The fraction of sp³-hybridized carbons (Fsp3) is 1.00. The van der Waals surface area contributed by atoms with Gasteiger partial charge in [0, 0.05) is 11.8 Å². The van der Waals surface area contributed by atoms with E-state index in [-0.39, 0.29) is 6.67 Å². The molecule has 0 rings (SSSR count). The lowest BCUT2D eigenvalue weighted by Gasteiger charge is -1.88. The molecule has 0 aliphatic carbocycles. The first kappa shape index (κ1) is 13.1. The van der Waals surface area contributed by atoms with Crippen LogP contribution in [0.3, 0.4) is 0 Å². The van der Waals surface area contributed by atoms with Crippen molar-refractivity contribution in [3.8, 4) is 0 Å². The molecule has 3 heteroatoms. The van der Waals surface area contributed by atoms with Gasteiger partial charge in [-0.05, 0) is 19.8 Å². The topological polar surface area (TPSA) is 0 Å². The molecular weight excluding hydrogens is 174 g/mol. The number of unbranched alkanes of at least 4 members (excludes halogenated alkanes) is 2. The molecule has 0 atom stereocenters. The molecule has 0 N–H and O–H groups in total. The van der Waals surface area contributed by atoms with Crippen molar-refractivity contribution in [1.82, 2.24) is 0 Å². The van der Waals surface area contributed by atoms with Crippen molar-refractivity contribution in [2.75, 3.05) is 18.4 Å². The van der Waals surface area contributed by atoms with E-state index in [9.17, 15) is 4.39 Å². The quantitative estimate of drug-likeness (QED) is 0.468. The first-order chi connectivity index (χ1) is 4.83. The Morgan fingerprint density at radius 2 is 1.30 bits per heavy atom. The van der Waals surface area contributed by atoms with Crippen molar-refractivity contribution >= 4 is 23.2 Å². The molecule has 0 aliphatic heterocycles. The lowest BCUT2D eigenvalue weighted by molar-refractivity contribution is 0.527. The lowest BCUT2D eigenvalue weighted by atomic mass is 10.3. The van der Waals surface area contributed by atoms with Crippen molar-refractivity contribution in [3.05, 3.63) is 0 Å². The summed E-state index contributed by atoms with van der Waals surface area (Å²) in [5.41, 5.74) is 0. The number of hydrogen-bond acceptors (Lipinski definition) is 0. The predicted molar refractivity (Wildman–Crippen MR) is 46.9 cm³/mol. The molecule has 0 bridgehead atoms. The Hall–Kier alpha value is 0.510. The maximum atomic E-state index is 10.3. The lowest BCUT2D eigenvalue weighted by Crippen LogP contribution is -1.77. The van der Waals surface area contributed by atoms with E-state index in [1.165, 1.54) is 13.3 Å². The number of rotatable bonds is 4. The Kier molecular flexibility index (Phi) is 21.3. The molecule has 0 aromatic heterocycles. The van der Waals surface area contributed by atoms with Crippen molar-refractivity contribution in [2.45, 2.75) is 26.2 Å². The molecule has 0 fully saturated rings. The zero-order valence-corrected chi connectivity index (χ0v) is 7.89. The van der Waals surface area contributed by atoms with E-state index in [2.05, 4.69) is 0 Å². The highest BCUT2D eigenvalue weighted by molar-refractivity contribution is 6.18. The number of alkyl halides is 3. The van der Waals surface area contributed by atoms with Crippen molar-refractivity contribution in [1.29, 1.82) is 0 Å². The average Bonchev–Trinajstić information content (AvgIpc) is 1.91. The second-order valence-corrected chi connectivity index (χ2v) is 2.46. The number of hydrogen-bond donors (Lipinski definition) is 0. The fourth-order valence-electron chi connectivity index (χ4n) is 0.366. The van der Waals surface area contributed by atoms with E-state index in [0.717, 1.165) is 24.6 Å². The van der Waals surface area contributed by atoms with E-state index in [0.29, 0.717) is 0 Å². The molecule has 0 nitrogen and oxygen atoms in total. The van der Waals surface area contributed by atoms with Gasteiger partial charge in [0.2, 0.25) is 0 Å². The minimum absolute atomic E-state index is 0.250. The van der Waals surface area contributed by atoms with Crippen LogP contribution in [0.15, 0.2) is 0 Å². The standard InChI is InChI=1S/C5H10Cl2.C2H5F/c6-4-2-1-3-5-7;1-2-3/h1-5H2;2H2,1H3. The summed E-state index contributed by atoms with van der Waals surface area (Å²) in [4.78, 5) is 0. The molecule has 0 radical (unpaired) electrons. The normalized spacial score (nSPS) is 8.40. The van der Waals surface area contributed by atoms with Gasteiger partial charge in [-0.1, -0.05) is 6.42 Å². The van der Waals surface area contributed by atoms with Crippen LogP contribution in [-0.2, 0) is 0 Å². The highest BCUT2D eigenvalue weighted by Crippen LogP contribution is 1.97. The first-order valence-corrected chi connectivity index (χ1v) is 4.58. The molecule has 10 heavy (non-hydrogen) atoms. The Morgan fingerprint density at radius 3 is 1.50 bits per heavy atom. The third kappa shape index (κ3) is 23.6. The summed E-state index contributed by atoms with van der Waals surface area (Å²) in [5, 5.41) is 0. The summed E-state index contributed by atoms with van der Waals surface area (Å²) in [6, 6.07) is 0. The van der Waals surface area contributed by atoms with Crippen LogP contribution in [0.5, 0.6) is 0 Å². The summed E-state index contributed by atoms with van der Waals surface area (Å²) in [6.45, 7) is 1.21. The van der Waals surface area contributed by atoms with Gasteiger partial charge >= 0.3 is 0 Å². The minimum atomic E-state index is -0.250. The van der Waals surface area contributed by atoms with Gasteiger partial charge in [-0.25, -0.2) is 0 Å². The summed E-state index contributed by atoms with van der Waals surface area (Å²) in [5.74, 6) is 1.55. The second kappa shape index (κ2) is 16.3. The highest BCUT2D eigenvalue weighted by atomic mass is 35.5. The second-order valence-electron chi connectivity index (χ2n) is 1.71. The molecule has 0 unspecified atom stereocenters. The van der Waals surface area contributed by atoms with Gasteiger partial charge in [-0.3, -0.25) is 4.39 Å². The highest BCUT2D eigenvalue weighted by Gasteiger charge is 1.82. The van der Waals surface area contributed by atoms with E-state index in [1.807, 2.05) is 0 Å². The smallest absolute Gasteiger partial charge is 0.0866 e. The van der Waals surface area contributed by atoms with Crippen LogP contribution < -0.4 is 0 Å². The van der Waals surface area contributed by atoms with Crippen LogP contribution in [0.2, 0.25) is 0 Å². The Labute approximate surface area is 72.7 Å². The van der Waals surface area contributed by atoms with Gasteiger partial charge in [0.25, 0.3) is 0 Å². The van der Waals surface area contributed by atoms with Gasteiger partial charge in [0.15, 0.2) is 0 Å². The summed E-state index contributed by atoms with van der Waals surface area (Å²) in [7, 11) is 0. The van der Waals surface area contributed by atoms with E-state index >= 15 is 0 Å². The van der Waals surface area contributed by atoms with Crippen LogP contribution in [0.25, 0.3) is 0 Å². The molecule has 0 spiro atoms. The molecule has 0 saturated carbocycles. The van der Waals surface area contributed by atoms with Crippen molar-refractivity contribution in [3.63, 3.8) is 0 Å². The number of halogens is 3. The van der Waals surface area contributed by atoms with Gasteiger partial charge in [-0.15, -0.1) is 23.2 Å². The maximum Gasteiger partial charge on any atom is 0.0866 e. The van der Waals surface area contributed by atoms with Crippen LogP contribution >= 0.6 is 23.2 Å². The predicted octanol–water partition coefficient (Wildman–Crippen LogP) is 3.61. The van der Waals surface area contributed by atoms with E-state index < -0.39 is 0 Å². The molecule has 0 aromatic rings. The van der Waals surface area contributed by atoms with E-state index in [4.69, 9.17) is 23.2 Å². The zero-order chi connectivity index (χ0) is 8.24. The fourth-order valence-corrected chi connectivity index (χ4v) is 0.744. The van der Waals surface area contributed by atoms with Gasteiger partial charge < -0.3 is 0 Å². The molecule has 0 heterocycles. The molecule has 0 aromatic carbocycles. The largest absolute Gasteiger partial charge is 0.251 e. The summed E-state index contributed by atoms with van der Waals surface area (Å²) < 4.78 is 10.3. The monoisotopic (exact) mass is 188 g/mol. The summed E-state index contributed by atoms with van der Waals surface area (Å²) in [6.07, 6.45) is 3.38. The Bertz CT molecular complexity index is 38.6. The molecule has 0 saturated heterocycles. The first-order valence-electron chi connectivity index (χ1n) is 3.51. The molecule has 0 amide bonds. The summed E-state index contributed by atoms with van der Waals surface area (Å²) >= 11 is 10.8. The van der Waals surface area contributed by atoms with Crippen LogP contribution in [0.1, 0.15) is 26.2 Å². The minimum Gasteiger partial charge on any atom is -0.251 e. The third-order valence-electron chi connectivity index (χ3n) is 0.767. The van der Waals surface area contributed by atoms with Gasteiger partial charge in [0.05, 0.1) is 6.67 Å². The Morgan fingerprint density at radius 1 is 1.00 bits per heavy atom. The van der Waals surface area contributed by atoms with Crippen molar-refractivity contribution in [2.24, 2.45) is 0 Å². The Balaban J connectivity index is 0. The van der Waals surface area contributed by atoms with E-state index in [1.54, 1.807) is 0 Å². The molecular formula is C7H15Cl2F. The molecule has 64 valence electrons.